The van der Waals surface area contributed by atoms with E-state index in [2.05, 4.69) is 26.6 Å². The van der Waals surface area contributed by atoms with Gasteiger partial charge in [0.15, 0.2) is 0 Å². The van der Waals surface area contributed by atoms with E-state index in [4.69, 9.17) is 4.74 Å². The minimum atomic E-state index is -0.708. The number of carbonyl (C=O) groups is 2. The van der Waals surface area contributed by atoms with Crippen LogP contribution in [-0.2, 0) is 4.79 Å². The van der Waals surface area contributed by atoms with E-state index in [1.807, 2.05) is 0 Å². The molecule has 2 N–H and O–H groups in total. The van der Waals surface area contributed by atoms with E-state index in [1.165, 1.54) is 61.7 Å². The first kappa shape index (κ1) is 23.6. The summed E-state index contributed by atoms with van der Waals surface area (Å²) in [6, 6.07) is 15.4. The third-order valence-corrected chi connectivity index (χ3v) is 5.10. The molecule has 3 rings (SSSR count). The summed E-state index contributed by atoms with van der Waals surface area (Å²) in [5.74, 6) is -1.37. The lowest BCUT2D eigenvalue weighted by atomic mass is 10.1. The fourth-order valence-corrected chi connectivity index (χ4v) is 3.21. The molecule has 0 radical (unpaired) electrons. The molecule has 0 fully saturated rings. The number of halogens is 2. The van der Waals surface area contributed by atoms with Gasteiger partial charge in [-0.3, -0.25) is 19.7 Å². The van der Waals surface area contributed by atoms with Gasteiger partial charge in [-0.15, -0.1) is 0 Å². The smallest absolute Gasteiger partial charge is 0.272 e. The Morgan fingerprint density at radius 1 is 1.09 bits per heavy atom. The van der Waals surface area contributed by atoms with Crippen LogP contribution in [0, 0.1) is 15.9 Å². The van der Waals surface area contributed by atoms with Crippen molar-refractivity contribution in [2.24, 2.45) is 0 Å². The zero-order valence-electron chi connectivity index (χ0n) is 17.2. The molecule has 8 nitrogen and oxygen atoms in total. The van der Waals surface area contributed by atoms with E-state index in [1.54, 1.807) is 18.2 Å². The van der Waals surface area contributed by atoms with E-state index in [0.717, 1.165) is 0 Å². The van der Waals surface area contributed by atoms with Crippen LogP contribution in [0.4, 0.5) is 15.8 Å². The Hall–Kier alpha value is -4.05. The van der Waals surface area contributed by atoms with Gasteiger partial charge >= 0.3 is 0 Å². The van der Waals surface area contributed by atoms with Crippen molar-refractivity contribution in [3.8, 4) is 5.75 Å². The van der Waals surface area contributed by atoms with Gasteiger partial charge in [-0.2, -0.15) is 0 Å². The molecular weight excluding hydrogens is 497 g/mol. The van der Waals surface area contributed by atoms with Crippen LogP contribution in [0.15, 0.2) is 76.9 Å². The summed E-state index contributed by atoms with van der Waals surface area (Å²) in [7, 11) is 1.45. The van der Waals surface area contributed by atoms with Crippen LogP contribution in [0.3, 0.4) is 0 Å². The van der Waals surface area contributed by atoms with E-state index in [-0.39, 0.29) is 16.9 Å². The molecule has 3 aromatic carbocycles. The number of nitro benzene ring substituents is 1. The number of hydrogen-bond acceptors (Lipinski definition) is 5. The molecule has 0 aliphatic carbocycles. The number of nitro groups is 1. The zero-order chi connectivity index (χ0) is 24.0. The second-order valence-electron chi connectivity index (χ2n) is 6.67. The van der Waals surface area contributed by atoms with Crippen LogP contribution in [-0.4, -0.2) is 23.8 Å². The van der Waals surface area contributed by atoms with Gasteiger partial charge in [0.25, 0.3) is 17.5 Å². The minimum Gasteiger partial charge on any atom is -0.497 e. The fraction of sp³-hybridized carbons (Fsp3) is 0.0435. The minimum absolute atomic E-state index is 0.177. The van der Waals surface area contributed by atoms with Crippen LogP contribution in [0.25, 0.3) is 6.08 Å². The topological polar surface area (TPSA) is 111 Å². The zero-order valence-corrected chi connectivity index (χ0v) is 18.8. The van der Waals surface area contributed by atoms with Gasteiger partial charge in [0.05, 0.1) is 17.6 Å². The highest BCUT2D eigenvalue weighted by molar-refractivity contribution is 9.10. The maximum atomic E-state index is 13.2. The van der Waals surface area contributed by atoms with Gasteiger partial charge < -0.3 is 15.4 Å². The van der Waals surface area contributed by atoms with Gasteiger partial charge in [0, 0.05) is 22.3 Å². The van der Waals surface area contributed by atoms with Crippen molar-refractivity contribution in [3.05, 3.63) is 104 Å². The summed E-state index contributed by atoms with van der Waals surface area (Å²) < 4.78 is 18.8. The van der Waals surface area contributed by atoms with Crippen LogP contribution < -0.4 is 15.4 Å². The molecule has 0 saturated carbocycles. The predicted molar refractivity (Wildman–Crippen MR) is 124 cm³/mol. The van der Waals surface area contributed by atoms with Crippen molar-refractivity contribution >= 4 is 45.2 Å². The Morgan fingerprint density at radius 3 is 2.48 bits per heavy atom. The number of methoxy groups -OCH3 is 1. The molecular formula is C23H17BrFN3O5. The number of non-ortho nitro benzene ring substituents is 1. The summed E-state index contributed by atoms with van der Waals surface area (Å²) in [6.07, 6.45) is 1.30. The van der Waals surface area contributed by atoms with E-state index in [9.17, 15) is 24.1 Å². The highest BCUT2D eigenvalue weighted by Gasteiger charge is 2.18. The Kier molecular flexibility index (Phi) is 7.52. The molecule has 0 saturated heterocycles. The average molecular weight is 514 g/mol. The van der Waals surface area contributed by atoms with Gasteiger partial charge in [-0.1, -0.05) is 12.1 Å². The van der Waals surface area contributed by atoms with E-state index < -0.39 is 22.6 Å². The number of anilines is 1. The first-order chi connectivity index (χ1) is 15.8. The molecule has 0 atom stereocenters. The quantitative estimate of drug-likeness (QED) is 0.264. The summed E-state index contributed by atoms with van der Waals surface area (Å²) in [6.45, 7) is 0. The third kappa shape index (κ3) is 6.23. The Balaban J connectivity index is 1.96. The second-order valence-corrected chi connectivity index (χ2v) is 7.53. The predicted octanol–water partition coefficient (Wildman–Crippen LogP) is 4.91. The first-order valence-electron chi connectivity index (χ1n) is 9.45. The Morgan fingerprint density at radius 2 is 1.82 bits per heavy atom. The molecule has 0 unspecified atom stereocenters. The van der Waals surface area contributed by atoms with E-state index in [0.29, 0.717) is 21.5 Å². The van der Waals surface area contributed by atoms with Crippen molar-refractivity contribution < 1.29 is 23.6 Å². The molecule has 0 aliphatic rings. The monoisotopic (exact) mass is 513 g/mol. The molecule has 10 heteroatoms. The van der Waals surface area contributed by atoms with Crippen molar-refractivity contribution in [1.82, 2.24) is 5.32 Å². The molecule has 0 spiro atoms. The largest absolute Gasteiger partial charge is 0.497 e. The number of nitrogens with zero attached hydrogens (tertiary/aromatic N) is 1. The molecule has 2 amide bonds. The number of hydrogen-bond donors (Lipinski definition) is 2. The van der Waals surface area contributed by atoms with Gasteiger partial charge in [-0.25, -0.2) is 4.39 Å². The summed E-state index contributed by atoms with van der Waals surface area (Å²) in [5.41, 5.74) is 0.457. The van der Waals surface area contributed by atoms with Crippen molar-refractivity contribution in [2.45, 2.75) is 0 Å². The first-order valence-corrected chi connectivity index (χ1v) is 10.2. The fourth-order valence-electron chi connectivity index (χ4n) is 2.78. The number of benzene rings is 3. The summed E-state index contributed by atoms with van der Waals surface area (Å²) >= 11 is 3.29. The summed E-state index contributed by atoms with van der Waals surface area (Å²) in [5, 5.41) is 16.2. The van der Waals surface area contributed by atoms with Gasteiger partial charge in [-0.05, 0) is 70.0 Å². The van der Waals surface area contributed by atoms with Crippen LogP contribution in [0.5, 0.6) is 5.75 Å². The van der Waals surface area contributed by atoms with Crippen molar-refractivity contribution in [2.75, 3.05) is 12.4 Å². The lowest BCUT2D eigenvalue weighted by Gasteiger charge is -2.13. The number of rotatable bonds is 7. The highest BCUT2D eigenvalue weighted by atomic mass is 79.9. The maximum absolute atomic E-state index is 13.2. The lowest BCUT2D eigenvalue weighted by molar-refractivity contribution is -0.384. The standard InChI is InChI=1S/C23H17BrFN3O5/c1-33-18-9-10-20(24)19(13-18)22(29)27-21(12-14-3-2-4-17(11-14)28(31)32)23(30)26-16-7-5-15(25)6-8-16/h2-13H,1H3,(H,26,30)(H,27,29). The number of ether oxygens (including phenoxy) is 1. The molecule has 33 heavy (non-hydrogen) atoms. The van der Waals surface area contributed by atoms with Crippen LogP contribution >= 0.6 is 15.9 Å². The number of amides is 2. The van der Waals surface area contributed by atoms with Crippen molar-refractivity contribution in [3.63, 3.8) is 0 Å². The van der Waals surface area contributed by atoms with Gasteiger partial charge in [0.1, 0.15) is 17.3 Å². The Labute approximate surface area is 196 Å². The lowest BCUT2D eigenvalue weighted by Crippen LogP contribution is -2.31. The number of nitrogens with one attached hydrogen (secondary N) is 2. The van der Waals surface area contributed by atoms with E-state index >= 15 is 0 Å². The number of carbonyl (C=O) groups excluding carboxylic acids is 2. The molecule has 3 aromatic rings. The van der Waals surface area contributed by atoms with Crippen LogP contribution in [0.1, 0.15) is 15.9 Å². The SMILES string of the molecule is COc1ccc(Br)c(C(=O)NC(=Cc2cccc([N+](=O)[O-])c2)C(=O)Nc2ccc(F)cc2)c1. The van der Waals surface area contributed by atoms with Gasteiger partial charge in [0.2, 0.25) is 0 Å². The average Bonchev–Trinajstić information content (AvgIpc) is 2.80. The molecule has 0 heterocycles. The third-order valence-electron chi connectivity index (χ3n) is 4.41. The molecule has 168 valence electrons. The molecule has 0 aromatic heterocycles. The second kappa shape index (κ2) is 10.5. The summed E-state index contributed by atoms with van der Waals surface area (Å²) in [4.78, 5) is 36.4. The highest BCUT2D eigenvalue weighted by Crippen LogP contribution is 2.23. The normalized spacial score (nSPS) is 10.9. The Bertz CT molecular complexity index is 1250. The molecule has 0 bridgehead atoms. The van der Waals surface area contributed by atoms with Crippen LogP contribution in [0.2, 0.25) is 0 Å². The maximum Gasteiger partial charge on any atom is 0.272 e. The van der Waals surface area contributed by atoms with Crippen molar-refractivity contribution in [1.29, 1.82) is 0 Å². The molecule has 0 aliphatic heterocycles.